The second-order valence-electron chi connectivity index (χ2n) is 14.9. The predicted octanol–water partition coefficient (Wildman–Crippen LogP) is 13.9. The van der Waals surface area contributed by atoms with Crippen LogP contribution in [0.2, 0.25) is 48.4 Å². The highest BCUT2D eigenvalue weighted by Crippen LogP contribution is 2.36. The van der Waals surface area contributed by atoms with E-state index in [4.69, 9.17) is 15.0 Å². The second kappa shape index (κ2) is 19.5. The number of nitrogens with zero attached hydrogens (tertiary/aromatic N) is 3. The SMILES string of the molecule is CCC[Si](CCC)(CCC)CC(=Nc1c(C)cccc1C)c1cccc(C(C[Si](CCC)(CCC)CCC)=Nc2c(C)cccc2C)n1. The number of aryl methyl sites for hydroxylation is 4. The van der Waals surface area contributed by atoms with Crippen LogP contribution >= 0.6 is 0 Å². The van der Waals surface area contributed by atoms with Gasteiger partial charge in [-0.25, -0.2) is 4.98 Å². The number of aromatic nitrogens is 1. The quantitative estimate of drug-likeness (QED) is 0.0864. The number of hydrogen-bond donors (Lipinski definition) is 0. The van der Waals surface area contributed by atoms with Crippen molar-refractivity contribution in [1.29, 1.82) is 0 Å². The molecule has 0 spiro atoms. The summed E-state index contributed by atoms with van der Waals surface area (Å²) in [6.07, 6.45) is 7.51. The van der Waals surface area contributed by atoms with Crippen LogP contribution in [-0.4, -0.2) is 32.6 Å². The average molecular weight is 682 g/mol. The third kappa shape index (κ3) is 10.7. The van der Waals surface area contributed by atoms with Gasteiger partial charge in [0, 0.05) is 0 Å². The van der Waals surface area contributed by atoms with Gasteiger partial charge in [0.2, 0.25) is 0 Å². The Labute approximate surface area is 297 Å². The number of pyridine rings is 1. The molecule has 0 atom stereocenters. The summed E-state index contributed by atoms with van der Waals surface area (Å²) in [4.78, 5) is 16.8. The van der Waals surface area contributed by atoms with E-state index in [1.807, 2.05) is 0 Å². The fourth-order valence-corrected chi connectivity index (χ4v) is 19.4. The van der Waals surface area contributed by atoms with Crippen LogP contribution in [0.25, 0.3) is 0 Å². The van der Waals surface area contributed by atoms with Crippen LogP contribution in [0.3, 0.4) is 0 Å². The van der Waals surface area contributed by atoms with Gasteiger partial charge in [-0.15, -0.1) is 0 Å². The summed E-state index contributed by atoms with van der Waals surface area (Å²) >= 11 is 0. The average Bonchev–Trinajstić information content (AvgIpc) is 3.04. The van der Waals surface area contributed by atoms with Gasteiger partial charge in [-0.3, -0.25) is 9.98 Å². The van der Waals surface area contributed by atoms with Crippen LogP contribution in [0.15, 0.2) is 64.6 Å². The van der Waals surface area contributed by atoms with E-state index in [-0.39, 0.29) is 0 Å². The molecule has 3 rings (SSSR count). The first-order valence-corrected chi connectivity index (χ1v) is 25.0. The zero-order chi connectivity index (χ0) is 35.2. The Morgan fingerprint density at radius 3 is 1.00 bits per heavy atom. The molecule has 1 aromatic heterocycles. The minimum Gasteiger partial charge on any atom is -0.251 e. The fourth-order valence-electron chi connectivity index (χ4n) is 8.54. The van der Waals surface area contributed by atoms with Crippen molar-refractivity contribution in [1.82, 2.24) is 4.98 Å². The summed E-state index contributed by atoms with van der Waals surface area (Å²) in [5.74, 6) is 0. The Balaban J connectivity index is 2.32. The van der Waals surface area contributed by atoms with E-state index in [9.17, 15) is 0 Å². The molecule has 3 nitrogen and oxygen atoms in total. The van der Waals surface area contributed by atoms with Crippen LogP contribution in [0, 0.1) is 27.7 Å². The Hall–Kier alpha value is -2.64. The Morgan fingerprint density at radius 1 is 0.458 bits per heavy atom. The molecule has 0 fully saturated rings. The lowest BCUT2D eigenvalue weighted by Gasteiger charge is -2.33. The summed E-state index contributed by atoms with van der Waals surface area (Å²) in [6.45, 7) is 23.1. The van der Waals surface area contributed by atoms with E-state index >= 15 is 0 Å². The molecule has 262 valence electrons. The Kier molecular flexibility index (Phi) is 16.2. The number of hydrogen-bond acceptors (Lipinski definition) is 3. The highest BCUT2D eigenvalue weighted by molar-refractivity contribution is 6.83. The minimum absolute atomic E-state index is 1.05. The van der Waals surface area contributed by atoms with Crippen molar-refractivity contribution < 1.29 is 0 Å². The molecular formula is C43H67N3Si2. The zero-order valence-corrected chi connectivity index (χ0v) is 34.4. The number of aliphatic imine (C=N–C) groups is 2. The van der Waals surface area contributed by atoms with Crippen LogP contribution in [0.4, 0.5) is 11.4 Å². The predicted molar refractivity (Wildman–Crippen MR) is 220 cm³/mol. The molecule has 3 aromatic rings. The summed E-state index contributed by atoms with van der Waals surface area (Å²) in [5, 5.41) is 0. The standard InChI is InChI=1S/C43H67N3Si2/c1-11-26-47(27-12-2,28-13-3)32-40(45-42-34(7)20-17-21-35(42)8)38-24-19-25-39(44-38)41(46-43-36(9)22-18-23-37(43)10)33-48(29-14-4,30-15-5)31-16-6/h17-25H,11-16,26-33H2,1-10H3. The first-order chi connectivity index (χ1) is 23.1. The van der Waals surface area contributed by atoms with Gasteiger partial charge in [0.05, 0.1) is 50.3 Å². The maximum atomic E-state index is 5.60. The van der Waals surface area contributed by atoms with Gasteiger partial charge in [-0.05, 0) is 74.2 Å². The van der Waals surface area contributed by atoms with E-state index in [0.29, 0.717) is 0 Å². The van der Waals surface area contributed by atoms with E-state index in [0.717, 1.165) is 34.9 Å². The van der Waals surface area contributed by atoms with Crippen LogP contribution < -0.4 is 0 Å². The third-order valence-corrected chi connectivity index (χ3v) is 22.0. The lowest BCUT2D eigenvalue weighted by atomic mass is 10.1. The highest BCUT2D eigenvalue weighted by Gasteiger charge is 2.34. The Bertz CT molecular complexity index is 1320. The van der Waals surface area contributed by atoms with Crippen molar-refractivity contribution in [3.8, 4) is 0 Å². The molecule has 2 aromatic carbocycles. The topological polar surface area (TPSA) is 37.6 Å². The number of para-hydroxylation sites is 2. The smallest absolute Gasteiger partial charge is 0.0849 e. The second-order valence-corrected chi connectivity index (χ2v) is 24.6. The van der Waals surface area contributed by atoms with Crippen molar-refractivity contribution in [2.24, 2.45) is 9.98 Å². The first kappa shape index (κ1) is 39.8. The van der Waals surface area contributed by atoms with Gasteiger partial charge < -0.3 is 0 Å². The first-order valence-electron chi connectivity index (χ1n) is 19.4. The molecule has 0 N–H and O–H groups in total. The molecule has 0 saturated carbocycles. The summed E-state index contributed by atoms with van der Waals surface area (Å²) in [7, 11) is -3.23. The monoisotopic (exact) mass is 681 g/mol. The lowest BCUT2D eigenvalue weighted by molar-refractivity contribution is 0.920. The largest absolute Gasteiger partial charge is 0.251 e. The minimum atomic E-state index is -1.62. The fraction of sp³-hybridized carbons (Fsp3) is 0.558. The van der Waals surface area contributed by atoms with Crippen molar-refractivity contribution in [2.75, 3.05) is 0 Å². The van der Waals surface area contributed by atoms with E-state index in [1.54, 1.807) is 0 Å². The van der Waals surface area contributed by atoms with Crippen molar-refractivity contribution in [3.63, 3.8) is 0 Å². The van der Waals surface area contributed by atoms with Gasteiger partial charge in [-0.1, -0.05) is 159 Å². The molecule has 0 aliphatic carbocycles. The molecule has 0 aliphatic heterocycles. The molecular weight excluding hydrogens is 615 g/mol. The van der Waals surface area contributed by atoms with Crippen LogP contribution in [0.5, 0.6) is 0 Å². The van der Waals surface area contributed by atoms with Gasteiger partial charge >= 0.3 is 0 Å². The molecule has 48 heavy (non-hydrogen) atoms. The van der Waals surface area contributed by atoms with Crippen molar-refractivity contribution >= 4 is 38.9 Å². The van der Waals surface area contributed by atoms with E-state index < -0.39 is 16.1 Å². The van der Waals surface area contributed by atoms with Gasteiger partial charge in [0.15, 0.2) is 0 Å². The summed E-state index contributed by atoms with van der Waals surface area (Å²) < 4.78 is 0. The zero-order valence-electron chi connectivity index (χ0n) is 32.4. The third-order valence-electron chi connectivity index (χ3n) is 10.5. The molecule has 1 heterocycles. The maximum Gasteiger partial charge on any atom is 0.0849 e. The number of benzene rings is 2. The summed E-state index contributed by atoms with van der Waals surface area (Å²) in [5.41, 5.74) is 11.7. The van der Waals surface area contributed by atoms with Gasteiger partial charge in [0.25, 0.3) is 0 Å². The molecule has 0 amide bonds. The van der Waals surface area contributed by atoms with Crippen molar-refractivity contribution in [3.05, 3.63) is 88.2 Å². The van der Waals surface area contributed by atoms with E-state index in [2.05, 4.69) is 124 Å². The normalized spacial score (nSPS) is 13.0. The molecule has 0 bridgehead atoms. The van der Waals surface area contributed by atoms with Gasteiger partial charge in [-0.2, -0.15) is 0 Å². The molecule has 0 unspecified atom stereocenters. The molecule has 5 heteroatoms. The molecule has 0 aliphatic rings. The molecule has 0 saturated heterocycles. The van der Waals surface area contributed by atoms with Crippen LogP contribution in [0.1, 0.15) is 114 Å². The maximum absolute atomic E-state index is 5.60. The number of rotatable bonds is 20. The lowest BCUT2D eigenvalue weighted by Crippen LogP contribution is -2.37. The van der Waals surface area contributed by atoms with Crippen molar-refractivity contribution in [2.45, 2.75) is 156 Å². The Morgan fingerprint density at radius 2 is 0.729 bits per heavy atom. The van der Waals surface area contributed by atoms with Gasteiger partial charge in [0.1, 0.15) is 0 Å². The highest BCUT2D eigenvalue weighted by atomic mass is 28.3. The van der Waals surface area contributed by atoms with Crippen LogP contribution in [-0.2, 0) is 0 Å². The summed E-state index contributed by atoms with van der Waals surface area (Å²) in [6, 6.07) is 30.2. The molecule has 0 radical (unpaired) electrons. The van der Waals surface area contributed by atoms with E-state index in [1.165, 1.54) is 108 Å².